The molecule has 3 rings (SSSR count). The van der Waals surface area contributed by atoms with Crippen LogP contribution in [0.3, 0.4) is 0 Å². The Bertz CT molecular complexity index is 633. The lowest BCUT2D eigenvalue weighted by Crippen LogP contribution is -2.31. The van der Waals surface area contributed by atoms with Gasteiger partial charge in [-0.1, -0.05) is 18.2 Å². The van der Waals surface area contributed by atoms with E-state index in [2.05, 4.69) is 16.4 Å². The number of H-pyrrole nitrogens is 1. The fourth-order valence-corrected chi connectivity index (χ4v) is 3.07. The lowest BCUT2D eigenvalue weighted by atomic mass is 10.1. The minimum atomic E-state index is -0.547. The number of fused-ring (bicyclic) bond motifs is 1. The topological polar surface area (TPSA) is 91.1 Å². The van der Waals surface area contributed by atoms with Gasteiger partial charge in [0.25, 0.3) is 0 Å². The van der Waals surface area contributed by atoms with Crippen LogP contribution >= 0.6 is 12.4 Å². The van der Waals surface area contributed by atoms with Gasteiger partial charge in [0, 0.05) is 35.6 Å². The van der Waals surface area contributed by atoms with Crippen molar-refractivity contribution in [1.82, 2.24) is 10.3 Å². The average Bonchev–Trinajstić information content (AvgIpc) is 3.04. The van der Waals surface area contributed by atoms with Crippen LogP contribution in [0.25, 0.3) is 10.9 Å². The normalized spacial score (nSPS) is 24.2. The lowest BCUT2D eigenvalue weighted by molar-refractivity contribution is -0.125. The predicted molar refractivity (Wildman–Crippen MR) is 89.0 cm³/mol. The number of aromatic nitrogens is 1. The average molecular weight is 324 g/mol. The van der Waals surface area contributed by atoms with Gasteiger partial charge in [0.1, 0.15) is 0 Å². The standard InChI is InChI=1S/C16H21N3O2.ClH/c17-13-7-11(8-15(13)20)16(21)18-6-5-10-9-19-14-4-2-1-3-12(10)14;/h1-4,9,11,13,15,19-20H,5-8,17H2,(H,18,21);1H/t11-,13+,15+;/m0./s1. The Morgan fingerprint density at radius 3 is 2.86 bits per heavy atom. The number of aliphatic hydroxyl groups excluding tert-OH is 1. The van der Waals surface area contributed by atoms with E-state index in [1.54, 1.807) is 0 Å². The molecule has 1 heterocycles. The van der Waals surface area contributed by atoms with Crippen molar-refractivity contribution < 1.29 is 9.90 Å². The highest BCUT2D eigenvalue weighted by Gasteiger charge is 2.34. The summed E-state index contributed by atoms with van der Waals surface area (Å²) in [7, 11) is 0. The molecule has 1 saturated carbocycles. The molecule has 1 aromatic carbocycles. The molecule has 2 aromatic rings. The predicted octanol–water partition coefficient (Wildman–Crippen LogP) is 1.35. The van der Waals surface area contributed by atoms with Crippen molar-refractivity contribution in [2.75, 3.05) is 6.54 Å². The summed E-state index contributed by atoms with van der Waals surface area (Å²) in [5, 5.41) is 13.8. The Morgan fingerprint density at radius 1 is 1.36 bits per heavy atom. The van der Waals surface area contributed by atoms with Crippen LogP contribution in [-0.4, -0.2) is 34.7 Å². The van der Waals surface area contributed by atoms with Crippen molar-refractivity contribution in [1.29, 1.82) is 0 Å². The number of rotatable bonds is 4. The maximum atomic E-state index is 12.0. The first-order chi connectivity index (χ1) is 10.1. The zero-order valence-electron chi connectivity index (χ0n) is 12.3. The highest BCUT2D eigenvalue weighted by atomic mass is 35.5. The van der Waals surface area contributed by atoms with Gasteiger partial charge >= 0.3 is 0 Å². The van der Waals surface area contributed by atoms with Gasteiger partial charge in [-0.15, -0.1) is 12.4 Å². The molecule has 1 amide bonds. The molecular formula is C16H22ClN3O2. The van der Waals surface area contributed by atoms with E-state index in [9.17, 15) is 9.90 Å². The summed E-state index contributed by atoms with van der Waals surface area (Å²) in [6.45, 7) is 0.600. The number of nitrogens with one attached hydrogen (secondary N) is 2. The van der Waals surface area contributed by atoms with E-state index >= 15 is 0 Å². The number of aliphatic hydroxyl groups is 1. The number of para-hydroxylation sites is 1. The molecule has 0 spiro atoms. The van der Waals surface area contributed by atoms with Crippen LogP contribution in [0, 0.1) is 5.92 Å². The number of benzene rings is 1. The van der Waals surface area contributed by atoms with Gasteiger partial charge < -0.3 is 21.1 Å². The maximum absolute atomic E-state index is 12.0. The molecule has 1 fully saturated rings. The van der Waals surface area contributed by atoms with Crippen molar-refractivity contribution in [3.05, 3.63) is 36.0 Å². The van der Waals surface area contributed by atoms with Crippen LogP contribution in [0.4, 0.5) is 0 Å². The molecule has 0 unspecified atom stereocenters. The Balaban J connectivity index is 0.00000176. The summed E-state index contributed by atoms with van der Waals surface area (Å²) in [5.74, 6) is -0.153. The van der Waals surface area contributed by atoms with Crippen LogP contribution in [0.1, 0.15) is 18.4 Å². The highest BCUT2D eigenvalue weighted by molar-refractivity contribution is 5.85. The van der Waals surface area contributed by atoms with Crippen molar-refractivity contribution >= 4 is 29.2 Å². The Kier molecular flexibility index (Phi) is 5.45. The first kappa shape index (κ1) is 16.8. The third kappa shape index (κ3) is 3.43. The number of hydrogen-bond donors (Lipinski definition) is 4. The summed E-state index contributed by atoms with van der Waals surface area (Å²) in [5.41, 5.74) is 8.06. The molecule has 0 saturated heterocycles. The smallest absolute Gasteiger partial charge is 0.223 e. The molecular weight excluding hydrogens is 302 g/mol. The molecule has 5 nitrogen and oxygen atoms in total. The van der Waals surface area contributed by atoms with Crippen LogP contribution in [0.2, 0.25) is 0 Å². The highest BCUT2D eigenvalue weighted by Crippen LogP contribution is 2.24. The van der Waals surface area contributed by atoms with E-state index in [0.29, 0.717) is 19.4 Å². The minimum absolute atomic E-state index is 0. The van der Waals surface area contributed by atoms with E-state index in [1.165, 1.54) is 10.9 Å². The summed E-state index contributed by atoms with van der Waals surface area (Å²) >= 11 is 0. The second kappa shape index (κ2) is 7.13. The van der Waals surface area contributed by atoms with E-state index in [0.717, 1.165) is 11.9 Å². The van der Waals surface area contributed by atoms with Gasteiger partial charge in [-0.25, -0.2) is 0 Å². The summed E-state index contributed by atoms with van der Waals surface area (Å²) in [4.78, 5) is 15.3. The third-order valence-electron chi connectivity index (χ3n) is 4.32. The fraction of sp³-hybridized carbons (Fsp3) is 0.438. The summed E-state index contributed by atoms with van der Waals surface area (Å²) < 4.78 is 0. The Hall–Kier alpha value is -1.56. The first-order valence-electron chi connectivity index (χ1n) is 7.41. The second-order valence-electron chi connectivity index (χ2n) is 5.80. The van der Waals surface area contributed by atoms with Gasteiger partial charge in [0.05, 0.1) is 6.10 Å². The number of hydrogen-bond acceptors (Lipinski definition) is 3. The van der Waals surface area contributed by atoms with Crippen LogP contribution < -0.4 is 11.1 Å². The number of halogens is 1. The number of carbonyl (C=O) groups excluding carboxylic acids is 1. The van der Waals surface area contributed by atoms with Gasteiger partial charge in [-0.2, -0.15) is 0 Å². The molecule has 5 N–H and O–H groups in total. The summed E-state index contributed by atoms with van der Waals surface area (Å²) in [6, 6.07) is 7.86. The van der Waals surface area contributed by atoms with Gasteiger partial charge in [-0.3, -0.25) is 4.79 Å². The molecule has 22 heavy (non-hydrogen) atoms. The van der Waals surface area contributed by atoms with Crippen molar-refractivity contribution in [3.63, 3.8) is 0 Å². The summed E-state index contributed by atoms with van der Waals surface area (Å²) in [6.07, 6.45) is 3.28. The minimum Gasteiger partial charge on any atom is -0.391 e. The van der Waals surface area contributed by atoms with Crippen LogP contribution in [0.5, 0.6) is 0 Å². The zero-order valence-corrected chi connectivity index (χ0v) is 13.1. The largest absolute Gasteiger partial charge is 0.391 e. The number of nitrogens with two attached hydrogens (primary N) is 1. The number of aromatic amines is 1. The number of amides is 1. The zero-order chi connectivity index (χ0) is 14.8. The fourth-order valence-electron chi connectivity index (χ4n) is 3.07. The molecule has 0 bridgehead atoms. The van der Waals surface area contributed by atoms with Crippen molar-refractivity contribution in [3.8, 4) is 0 Å². The molecule has 0 radical (unpaired) electrons. The quantitative estimate of drug-likeness (QED) is 0.684. The van der Waals surface area contributed by atoms with E-state index in [4.69, 9.17) is 5.73 Å². The van der Waals surface area contributed by atoms with E-state index in [-0.39, 0.29) is 30.3 Å². The molecule has 1 aliphatic rings. The maximum Gasteiger partial charge on any atom is 0.223 e. The Labute approximate surface area is 135 Å². The van der Waals surface area contributed by atoms with E-state index in [1.807, 2.05) is 24.4 Å². The second-order valence-corrected chi connectivity index (χ2v) is 5.80. The van der Waals surface area contributed by atoms with Crippen LogP contribution in [0.15, 0.2) is 30.5 Å². The molecule has 1 aromatic heterocycles. The lowest BCUT2D eigenvalue weighted by Gasteiger charge is -2.10. The first-order valence-corrected chi connectivity index (χ1v) is 7.41. The van der Waals surface area contributed by atoms with Gasteiger partial charge in [0.15, 0.2) is 0 Å². The third-order valence-corrected chi connectivity index (χ3v) is 4.32. The molecule has 0 aliphatic heterocycles. The molecule has 6 heteroatoms. The van der Waals surface area contributed by atoms with Crippen LogP contribution in [-0.2, 0) is 11.2 Å². The van der Waals surface area contributed by atoms with Gasteiger partial charge in [-0.05, 0) is 30.9 Å². The molecule has 1 aliphatic carbocycles. The SMILES string of the molecule is Cl.N[C@@H]1C[C@H](C(=O)NCCc2c[nH]c3ccccc23)C[C@H]1O. The molecule has 120 valence electrons. The number of carbonyl (C=O) groups is 1. The Morgan fingerprint density at radius 2 is 2.14 bits per heavy atom. The van der Waals surface area contributed by atoms with E-state index < -0.39 is 6.10 Å². The van der Waals surface area contributed by atoms with Crippen molar-refractivity contribution in [2.45, 2.75) is 31.4 Å². The monoisotopic (exact) mass is 323 g/mol. The van der Waals surface area contributed by atoms with Gasteiger partial charge in [0.2, 0.25) is 5.91 Å². The van der Waals surface area contributed by atoms with Crippen molar-refractivity contribution in [2.24, 2.45) is 11.7 Å². The molecule has 3 atom stereocenters.